The Morgan fingerprint density at radius 1 is 0.287 bits per heavy atom. The second-order valence-corrected chi connectivity index (χ2v) is 33.1. The highest BCUT2D eigenvalue weighted by molar-refractivity contribution is 7.47. The first-order valence-corrected chi connectivity index (χ1v) is 45.5. The molecular formula is C82H160O17P2. The first-order valence-electron chi connectivity index (χ1n) is 42.5. The molecule has 0 spiro atoms. The molecule has 0 heterocycles. The van der Waals surface area contributed by atoms with E-state index in [1.165, 1.54) is 244 Å². The lowest BCUT2D eigenvalue weighted by molar-refractivity contribution is -0.161. The number of phosphoric acid groups is 2. The van der Waals surface area contributed by atoms with Crippen molar-refractivity contribution in [3.05, 3.63) is 0 Å². The van der Waals surface area contributed by atoms with Crippen LogP contribution in [0.1, 0.15) is 433 Å². The van der Waals surface area contributed by atoms with Gasteiger partial charge in [0.05, 0.1) is 26.4 Å². The molecule has 101 heavy (non-hydrogen) atoms. The van der Waals surface area contributed by atoms with Gasteiger partial charge in [-0.25, -0.2) is 9.13 Å². The van der Waals surface area contributed by atoms with Gasteiger partial charge in [-0.3, -0.25) is 37.3 Å². The van der Waals surface area contributed by atoms with E-state index in [2.05, 4.69) is 41.5 Å². The summed E-state index contributed by atoms with van der Waals surface area (Å²) in [5, 5.41) is 10.6. The van der Waals surface area contributed by atoms with Gasteiger partial charge in [-0.1, -0.05) is 382 Å². The van der Waals surface area contributed by atoms with Crippen molar-refractivity contribution in [3.8, 4) is 0 Å². The maximum absolute atomic E-state index is 13.1. The number of hydrogen-bond donors (Lipinski definition) is 3. The van der Waals surface area contributed by atoms with Gasteiger partial charge in [0.15, 0.2) is 12.2 Å². The zero-order chi connectivity index (χ0) is 74.2. The van der Waals surface area contributed by atoms with E-state index < -0.39 is 97.5 Å². The molecule has 0 amide bonds. The lowest BCUT2D eigenvalue weighted by Gasteiger charge is -2.21. The van der Waals surface area contributed by atoms with Gasteiger partial charge in [-0.05, 0) is 37.5 Å². The van der Waals surface area contributed by atoms with Crippen molar-refractivity contribution in [2.75, 3.05) is 39.6 Å². The number of ether oxygens (including phenoxy) is 4. The van der Waals surface area contributed by atoms with Gasteiger partial charge in [0.25, 0.3) is 0 Å². The van der Waals surface area contributed by atoms with Crippen LogP contribution < -0.4 is 0 Å². The minimum atomic E-state index is -4.96. The maximum Gasteiger partial charge on any atom is 0.472 e. The zero-order valence-electron chi connectivity index (χ0n) is 66.2. The minimum Gasteiger partial charge on any atom is -0.462 e. The number of aliphatic hydroxyl groups is 1. The summed E-state index contributed by atoms with van der Waals surface area (Å²) in [6.45, 7) is 9.69. The SMILES string of the molecule is CCCCCCCCCCCCCCCCCCCCC(=O)OC[C@H](COP(=O)(O)OC[C@@H](O)COP(=O)(O)OC[C@@H](COC(=O)CCCCCCCCCC)OC(=O)CCCCCCCCCCCCCCCCC(C)C)OC(=O)CCCCCCCCCCCCCCCCC(C)CC. The summed E-state index contributed by atoms with van der Waals surface area (Å²) in [5.74, 6) is -0.468. The molecule has 0 saturated carbocycles. The summed E-state index contributed by atoms with van der Waals surface area (Å²) in [6, 6.07) is 0. The van der Waals surface area contributed by atoms with E-state index in [1.54, 1.807) is 0 Å². The molecule has 17 nitrogen and oxygen atoms in total. The van der Waals surface area contributed by atoms with Crippen molar-refractivity contribution in [3.63, 3.8) is 0 Å². The van der Waals surface area contributed by atoms with Crippen molar-refractivity contribution in [2.45, 2.75) is 452 Å². The summed E-state index contributed by atoms with van der Waals surface area (Å²) in [5.41, 5.74) is 0. The standard InChI is InChI=1S/C82H160O17P2/c1-7-10-12-14-16-18-19-20-21-22-23-24-31-36-41-47-53-59-65-80(85)93-71-78(99-82(87)67-61-55-49-43-38-33-28-26-30-35-40-45-51-57-63-75(6)9-3)73-97-101(90,91)95-69-76(83)68-94-100(88,89)96-72-77(70-92-79(84)64-58-52-46-17-15-13-11-8-2)98-81(86)66-60-54-48-42-37-32-27-25-29-34-39-44-50-56-62-74(4)5/h74-78,83H,7-73H2,1-6H3,(H,88,89)(H,90,91)/t75?,76-,77+,78+/m0/s1. The van der Waals surface area contributed by atoms with E-state index in [-0.39, 0.29) is 25.7 Å². The third kappa shape index (κ3) is 74.7. The number of carbonyl (C=O) groups is 4. The van der Waals surface area contributed by atoms with Crippen LogP contribution in [0.25, 0.3) is 0 Å². The van der Waals surface area contributed by atoms with Crippen molar-refractivity contribution in [1.82, 2.24) is 0 Å². The average Bonchev–Trinajstić information content (AvgIpc) is 0.956. The van der Waals surface area contributed by atoms with Crippen LogP contribution in [0.3, 0.4) is 0 Å². The Kier molecular flexibility index (Phi) is 72.2. The molecule has 0 saturated heterocycles. The molecule has 0 aliphatic rings. The fraction of sp³-hybridized carbons (Fsp3) is 0.951. The summed E-state index contributed by atoms with van der Waals surface area (Å²) in [6.07, 6.45) is 63.8. The number of esters is 4. The highest BCUT2D eigenvalue weighted by Crippen LogP contribution is 2.45. The van der Waals surface area contributed by atoms with Crippen LogP contribution in [0.4, 0.5) is 0 Å². The lowest BCUT2D eigenvalue weighted by atomic mass is 9.99. The van der Waals surface area contributed by atoms with Gasteiger partial charge in [0.1, 0.15) is 19.3 Å². The number of hydrogen-bond acceptors (Lipinski definition) is 15. The van der Waals surface area contributed by atoms with Gasteiger partial charge in [-0.2, -0.15) is 0 Å². The second kappa shape index (κ2) is 73.6. The number of aliphatic hydroxyl groups excluding tert-OH is 1. The first kappa shape index (κ1) is 99.1. The first-order chi connectivity index (χ1) is 48.9. The van der Waals surface area contributed by atoms with E-state index in [0.29, 0.717) is 25.7 Å². The third-order valence-electron chi connectivity index (χ3n) is 19.6. The number of phosphoric ester groups is 2. The van der Waals surface area contributed by atoms with E-state index in [0.717, 1.165) is 108 Å². The molecular weight excluding hydrogens is 1320 g/mol. The summed E-state index contributed by atoms with van der Waals surface area (Å²) < 4.78 is 68.7. The second-order valence-electron chi connectivity index (χ2n) is 30.2. The van der Waals surface area contributed by atoms with E-state index in [1.807, 2.05) is 0 Å². The Bertz CT molecular complexity index is 1940. The third-order valence-corrected chi connectivity index (χ3v) is 21.5. The fourth-order valence-electron chi connectivity index (χ4n) is 12.7. The minimum absolute atomic E-state index is 0.108. The Hall–Kier alpha value is -1.94. The predicted octanol–water partition coefficient (Wildman–Crippen LogP) is 24.7. The highest BCUT2D eigenvalue weighted by atomic mass is 31.2. The van der Waals surface area contributed by atoms with Crippen LogP contribution >= 0.6 is 15.6 Å². The van der Waals surface area contributed by atoms with E-state index in [9.17, 15) is 43.2 Å². The van der Waals surface area contributed by atoms with Crippen LogP contribution in [0.2, 0.25) is 0 Å². The molecule has 3 unspecified atom stereocenters. The van der Waals surface area contributed by atoms with Crippen LogP contribution in [0, 0.1) is 11.8 Å². The molecule has 19 heteroatoms. The number of carbonyl (C=O) groups excluding carboxylic acids is 4. The Morgan fingerprint density at radius 2 is 0.505 bits per heavy atom. The van der Waals surface area contributed by atoms with Gasteiger partial charge < -0.3 is 33.8 Å². The van der Waals surface area contributed by atoms with Gasteiger partial charge in [0.2, 0.25) is 0 Å². The monoisotopic (exact) mass is 1480 g/mol. The number of unbranched alkanes of at least 4 members (excludes halogenated alkanes) is 50. The molecule has 0 aromatic carbocycles. The van der Waals surface area contributed by atoms with Gasteiger partial charge in [-0.15, -0.1) is 0 Å². The van der Waals surface area contributed by atoms with Crippen LogP contribution in [0.15, 0.2) is 0 Å². The molecule has 600 valence electrons. The highest BCUT2D eigenvalue weighted by Gasteiger charge is 2.30. The van der Waals surface area contributed by atoms with Crippen molar-refractivity contribution >= 4 is 39.5 Å². The Labute approximate surface area is 619 Å². The Balaban J connectivity index is 5.20. The summed E-state index contributed by atoms with van der Waals surface area (Å²) >= 11 is 0. The smallest absolute Gasteiger partial charge is 0.462 e. The molecule has 0 rings (SSSR count). The average molecular weight is 1480 g/mol. The molecule has 0 aliphatic carbocycles. The summed E-state index contributed by atoms with van der Waals surface area (Å²) in [7, 11) is -9.92. The summed E-state index contributed by atoms with van der Waals surface area (Å²) in [4.78, 5) is 73.0. The molecule has 0 aromatic rings. The van der Waals surface area contributed by atoms with E-state index in [4.69, 9.17) is 37.0 Å². The maximum atomic E-state index is 13.1. The van der Waals surface area contributed by atoms with Gasteiger partial charge >= 0.3 is 39.5 Å². The molecule has 0 fully saturated rings. The van der Waals surface area contributed by atoms with Crippen molar-refractivity contribution in [1.29, 1.82) is 0 Å². The number of rotatable bonds is 81. The normalized spacial score (nSPS) is 14.2. The largest absolute Gasteiger partial charge is 0.472 e. The predicted molar refractivity (Wildman–Crippen MR) is 414 cm³/mol. The lowest BCUT2D eigenvalue weighted by Crippen LogP contribution is -2.30. The quantitative estimate of drug-likeness (QED) is 0.0222. The topological polar surface area (TPSA) is 237 Å². The molecule has 0 bridgehead atoms. The Morgan fingerprint density at radius 3 is 0.752 bits per heavy atom. The van der Waals surface area contributed by atoms with Crippen LogP contribution in [0.5, 0.6) is 0 Å². The zero-order valence-corrected chi connectivity index (χ0v) is 68.0. The molecule has 6 atom stereocenters. The van der Waals surface area contributed by atoms with Crippen LogP contribution in [-0.2, 0) is 65.4 Å². The van der Waals surface area contributed by atoms with Gasteiger partial charge in [0, 0.05) is 25.7 Å². The van der Waals surface area contributed by atoms with Crippen molar-refractivity contribution < 1.29 is 80.2 Å². The van der Waals surface area contributed by atoms with Crippen LogP contribution in [-0.4, -0.2) is 96.7 Å². The van der Waals surface area contributed by atoms with Crippen molar-refractivity contribution in [2.24, 2.45) is 11.8 Å². The molecule has 3 N–H and O–H groups in total. The molecule has 0 aliphatic heterocycles. The molecule has 0 aromatic heterocycles. The fourth-order valence-corrected chi connectivity index (χ4v) is 14.3. The van der Waals surface area contributed by atoms with E-state index >= 15 is 0 Å². The molecule has 0 radical (unpaired) electrons.